The minimum Gasteiger partial charge on any atom is -0.325 e. The van der Waals surface area contributed by atoms with Gasteiger partial charge in [0.25, 0.3) is 5.91 Å². The molecule has 1 atom stereocenters. The molecule has 138 valence electrons. The van der Waals surface area contributed by atoms with E-state index in [4.69, 9.17) is 0 Å². The van der Waals surface area contributed by atoms with Gasteiger partial charge in [0, 0.05) is 18.1 Å². The van der Waals surface area contributed by atoms with Crippen molar-refractivity contribution in [2.75, 3.05) is 11.1 Å². The summed E-state index contributed by atoms with van der Waals surface area (Å²) >= 11 is 0. The lowest BCUT2D eigenvalue weighted by atomic mass is 9.98. The fraction of sp³-hybridized carbons (Fsp3) is 0.350. The molecule has 0 saturated carbocycles. The predicted molar refractivity (Wildman–Crippen MR) is 101 cm³/mol. The van der Waals surface area contributed by atoms with E-state index < -0.39 is 15.6 Å². The standard InChI is InChI=1S/C20H19N3O3S/c24-18(11-27(26)17-10-21-8-7-16(17)20(25)23-27)22-19-14-5-1-3-12(14)9-13-4-2-6-15(13)19/h7-10H,1-6,11H2,(H,22,24). The SMILES string of the molecule is O=C(CS1(=O)=NC(=O)c2ccncc21)Nc1c2c(cc3c1CCC3)CCC2. The number of amides is 2. The molecule has 1 aliphatic heterocycles. The minimum absolute atomic E-state index is 0.272. The smallest absolute Gasteiger partial charge is 0.286 e. The third-order valence-corrected chi connectivity index (χ3v) is 7.78. The van der Waals surface area contributed by atoms with Gasteiger partial charge in [0.15, 0.2) is 0 Å². The number of hydrogen-bond acceptors (Lipinski definition) is 4. The Bertz CT molecular complexity index is 1100. The molecule has 2 aromatic rings. The van der Waals surface area contributed by atoms with E-state index in [0.29, 0.717) is 0 Å². The number of hydrogen-bond donors (Lipinski definition) is 1. The van der Waals surface area contributed by atoms with E-state index in [1.54, 1.807) is 0 Å². The molecule has 27 heavy (non-hydrogen) atoms. The van der Waals surface area contributed by atoms with Gasteiger partial charge in [0.1, 0.15) is 5.75 Å². The summed E-state index contributed by atoms with van der Waals surface area (Å²) in [5, 5.41) is 3.03. The molecule has 2 amide bonds. The highest BCUT2D eigenvalue weighted by molar-refractivity contribution is 7.95. The van der Waals surface area contributed by atoms with Crippen LogP contribution in [-0.2, 0) is 40.2 Å². The fourth-order valence-corrected chi connectivity index (χ4v) is 6.31. The summed E-state index contributed by atoms with van der Waals surface area (Å²) in [5.41, 5.74) is 6.29. The second-order valence-electron chi connectivity index (χ2n) is 7.34. The summed E-state index contributed by atoms with van der Waals surface area (Å²) in [5.74, 6) is -1.22. The summed E-state index contributed by atoms with van der Waals surface area (Å²) in [6.45, 7) is 0. The van der Waals surface area contributed by atoms with Crippen molar-refractivity contribution in [1.29, 1.82) is 0 Å². The van der Waals surface area contributed by atoms with Crippen molar-refractivity contribution >= 4 is 27.2 Å². The first-order valence-electron chi connectivity index (χ1n) is 9.25. The first-order valence-corrected chi connectivity index (χ1v) is 10.9. The van der Waals surface area contributed by atoms with Gasteiger partial charge in [0.05, 0.1) is 20.2 Å². The molecule has 1 aromatic carbocycles. The Balaban J connectivity index is 1.48. The lowest BCUT2D eigenvalue weighted by Crippen LogP contribution is -2.23. The zero-order chi connectivity index (χ0) is 18.6. The molecule has 6 nitrogen and oxygen atoms in total. The van der Waals surface area contributed by atoms with Gasteiger partial charge >= 0.3 is 0 Å². The second kappa shape index (κ2) is 5.99. The first kappa shape index (κ1) is 16.6. The molecule has 0 fully saturated rings. The molecular formula is C20H19N3O3S. The largest absolute Gasteiger partial charge is 0.325 e. The molecule has 7 heteroatoms. The van der Waals surface area contributed by atoms with E-state index in [0.717, 1.165) is 44.2 Å². The van der Waals surface area contributed by atoms with E-state index in [2.05, 4.69) is 20.7 Å². The normalized spacial score (nSPS) is 22.1. The zero-order valence-electron chi connectivity index (χ0n) is 14.8. The number of nitrogens with zero attached hydrogens (tertiary/aromatic N) is 2. The van der Waals surface area contributed by atoms with Crippen molar-refractivity contribution in [3.8, 4) is 0 Å². The van der Waals surface area contributed by atoms with Crippen LogP contribution in [0.4, 0.5) is 5.69 Å². The third kappa shape index (κ3) is 2.60. The van der Waals surface area contributed by atoms with Crippen molar-refractivity contribution in [2.45, 2.75) is 43.4 Å². The quantitative estimate of drug-likeness (QED) is 0.885. The Labute approximate surface area is 157 Å². The Morgan fingerprint density at radius 3 is 2.52 bits per heavy atom. The van der Waals surface area contributed by atoms with Crippen LogP contribution < -0.4 is 5.32 Å². The van der Waals surface area contributed by atoms with Gasteiger partial charge in [-0.1, -0.05) is 6.07 Å². The molecule has 1 N–H and O–H groups in total. The minimum atomic E-state index is -3.11. The highest BCUT2D eigenvalue weighted by Crippen LogP contribution is 2.38. The summed E-state index contributed by atoms with van der Waals surface area (Å²) < 4.78 is 17.0. The van der Waals surface area contributed by atoms with Crippen molar-refractivity contribution < 1.29 is 13.8 Å². The highest BCUT2D eigenvalue weighted by Gasteiger charge is 2.32. The summed E-state index contributed by atoms with van der Waals surface area (Å²) in [6, 6.07) is 3.80. The molecule has 2 aliphatic carbocycles. The number of anilines is 1. The van der Waals surface area contributed by atoms with Gasteiger partial charge in [-0.15, -0.1) is 0 Å². The van der Waals surface area contributed by atoms with Crippen molar-refractivity contribution in [1.82, 2.24) is 4.98 Å². The number of carbonyl (C=O) groups is 2. The van der Waals surface area contributed by atoms with Crippen LogP contribution in [0.2, 0.25) is 0 Å². The molecule has 1 unspecified atom stereocenters. The second-order valence-corrected chi connectivity index (χ2v) is 9.53. The fourth-order valence-electron chi connectivity index (χ4n) is 4.47. The van der Waals surface area contributed by atoms with Crippen LogP contribution in [0.1, 0.15) is 45.5 Å². The maximum atomic E-state index is 13.2. The number of aromatic nitrogens is 1. The summed E-state index contributed by atoms with van der Waals surface area (Å²) in [4.78, 5) is 29.1. The van der Waals surface area contributed by atoms with Gasteiger partial charge in [-0.2, -0.15) is 4.36 Å². The number of pyridine rings is 1. The molecule has 0 bridgehead atoms. The number of nitrogens with one attached hydrogen (secondary N) is 1. The Morgan fingerprint density at radius 1 is 1.11 bits per heavy atom. The molecule has 5 rings (SSSR count). The predicted octanol–water partition coefficient (Wildman–Crippen LogP) is 2.68. The van der Waals surface area contributed by atoms with Crippen LogP contribution >= 0.6 is 0 Å². The topological polar surface area (TPSA) is 88.5 Å². The average Bonchev–Trinajstić information content (AvgIpc) is 3.34. The van der Waals surface area contributed by atoms with Gasteiger partial charge < -0.3 is 5.32 Å². The van der Waals surface area contributed by atoms with Crippen molar-refractivity contribution in [3.05, 3.63) is 52.3 Å². The molecule has 0 spiro atoms. The summed E-state index contributed by atoms with van der Waals surface area (Å²) in [7, 11) is -3.11. The van der Waals surface area contributed by atoms with Gasteiger partial charge in [-0.3, -0.25) is 14.6 Å². The van der Waals surface area contributed by atoms with Gasteiger partial charge in [0.2, 0.25) is 5.91 Å². The molecule has 2 heterocycles. The zero-order valence-corrected chi connectivity index (χ0v) is 15.6. The first-order chi connectivity index (χ1) is 13.0. The van der Waals surface area contributed by atoms with Gasteiger partial charge in [-0.25, -0.2) is 4.21 Å². The molecule has 0 saturated heterocycles. The Morgan fingerprint density at radius 2 is 1.81 bits per heavy atom. The van der Waals surface area contributed by atoms with Crippen LogP contribution in [-0.4, -0.2) is 26.8 Å². The van der Waals surface area contributed by atoms with Crippen molar-refractivity contribution in [3.63, 3.8) is 0 Å². The molecular weight excluding hydrogens is 362 g/mol. The Hall–Kier alpha value is -2.54. The van der Waals surface area contributed by atoms with Crippen LogP contribution in [0.15, 0.2) is 33.8 Å². The van der Waals surface area contributed by atoms with Crippen LogP contribution in [0, 0.1) is 0 Å². The van der Waals surface area contributed by atoms with Crippen LogP contribution in [0.25, 0.3) is 0 Å². The van der Waals surface area contributed by atoms with E-state index in [9.17, 15) is 13.8 Å². The summed E-state index contributed by atoms with van der Waals surface area (Å²) in [6.07, 6.45) is 9.06. The van der Waals surface area contributed by atoms with E-state index in [-0.39, 0.29) is 22.1 Å². The average molecular weight is 381 g/mol. The van der Waals surface area contributed by atoms with Crippen molar-refractivity contribution in [2.24, 2.45) is 4.36 Å². The van der Waals surface area contributed by atoms with E-state index in [1.807, 2.05) is 0 Å². The number of benzene rings is 1. The highest BCUT2D eigenvalue weighted by atomic mass is 32.2. The van der Waals surface area contributed by atoms with Crippen LogP contribution in [0.3, 0.4) is 0 Å². The Kier molecular flexibility index (Phi) is 3.69. The number of aryl methyl sites for hydroxylation is 2. The monoisotopic (exact) mass is 381 g/mol. The lowest BCUT2D eigenvalue weighted by Gasteiger charge is -2.16. The number of fused-ring (bicyclic) bond motifs is 3. The molecule has 1 aromatic heterocycles. The maximum absolute atomic E-state index is 13.2. The number of carbonyl (C=O) groups excluding carboxylic acids is 2. The maximum Gasteiger partial charge on any atom is 0.286 e. The lowest BCUT2D eigenvalue weighted by molar-refractivity contribution is -0.113. The number of rotatable bonds is 3. The van der Waals surface area contributed by atoms with E-state index >= 15 is 0 Å². The molecule has 0 radical (unpaired) electrons. The third-order valence-electron chi connectivity index (χ3n) is 5.65. The van der Waals surface area contributed by atoms with Crippen LogP contribution in [0.5, 0.6) is 0 Å². The van der Waals surface area contributed by atoms with Gasteiger partial charge in [-0.05, 0) is 66.8 Å². The molecule has 3 aliphatic rings. The van der Waals surface area contributed by atoms with E-state index in [1.165, 1.54) is 40.7 Å².